The third-order valence-electron chi connectivity index (χ3n) is 0.633. The Morgan fingerprint density at radius 2 is 2.50 bits per heavy atom. The average Bonchev–Trinajstić information content (AvgIpc) is 1.84. The first-order chi connectivity index (χ1) is 3.72. The van der Waals surface area contributed by atoms with E-state index in [0.717, 1.165) is 0 Å². The first-order valence-electron chi connectivity index (χ1n) is 2.06. The molecule has 0 spiro atoms. The van der Waals surface area contributed by atoms with E-state index < -0.39 is 11.3 Å². The summed E-state index contributed by atoms with van der Waals surface area (Å²) in [5.74, 6) is -0.471. The van der Waals surface area contributed by atoms with Gasteiger partial charge in [-0.05, 0) is 0 Å². The highest BCUT2D eigenvalue weighted by molar-refractivity contribution is 6.31. The molecule has 46 valence electrons. The summed E-state index contributed by atoms with van der Waals surface area (Å²) in [7, 11) is 1.28. The molecule has 0 saturated carbocycles. The van der Waals surface area contributed by atoms with Gasteiger partial charge in [-0.25, -0.2) is 0 Å². The predicted octanol–water partition coefficient (Wildman–Crippen LogP) is 0.953. The van der Waals surface area contributed by atoms with Crippen molar-refractivity contribution in [3.05, 3.63) is 12.7 Å². The number of ether oxygens (including phenoxy) is 1. The number of carbonyl (C=O) groups excluding carboxylic acids is 1. The highest BCUT2D eigenvalue weighted by atomic mass is 35.5. The highest BCUT2D eigenvalue weighted by Gasteiger charge is 2.08. The van der Waals surface area contributed by atoms with Gasteiger partial charge in [-0.2, -0.15) is 0 Å². The minimum Gasteiger partial charge on any atom is -0.468 e. The molecule has 3 heteroatoms. The topological polar surface area (TPSA) is 26.3 Å². The van der Waals surface area contributed by atoms with Crippen LogP contribution in [0.25, 0.3) is 0 Å². The van der Waals surface area contributed by atoms with Crippen LogP contribution in [0.3, 0.4) is 0 Å². The Bertz CT molecular complexity index is 101. The Labute approximate surface area is 53.1 Å². The van der Waals surface area contributed by atoms with E-state index >= 15 is 0 Å². The second-order valence-corrected chi connectivity index (χ2v) is 1.63. The van der Waals surface area contributed by atoms with Crippen molar-refractivity contribution >= 4 is 17.6 Å². The summed E-state index contributed by atoms with van der Waals surface area (Å²) in [5, 5.41) is -0.708. The number of rotatable bonds is 2. The van der Waals surface area contributed by atoms with Gasteiger partial charge in [-0.1, -0.05) is 6.08 Å². The van der Waals surface area contributed by atoms with Crippen molar-refractivity contribution < 1.29 is 9.53 Å². The van der Waals surface area contributed by atoms with Gasteiger partial charge in [0.25, 0.3) is 0 Å². The summed E-state index contributed by atoms with van der Waals surface area (Å²) in [5.41, 5.74) is 0. The Morgan fingerprint density at radius 3 is 2.62 bits per heavy atom. The molecule has 2 nitrogen and oxygen atoms in total. The minimum atomic E-state index is -0.708. The van der Waals surface area contributed by atoms with E-state index in [-0.39, 0.29) is 0 Å². The molecule has 0 aromatic rings. The van der Waals surface area contributed by atoms with Crippen LogP contribution in [-0.4, -0.2) is 18.5 Å². The SMILES string of the molecule is C=C[C@@H](Cl)C(=O)OC. The minimum absolute atomic E-state index is 0.471. The standard InChI is InChI=1S/C5H7ClO2/c1-3-4(6)5(7)8-2/h3-4H,1H2,2H3/t4-/m1/s1. The van der Waals surface area contributed by atoms with E-state index in [1.807, 2.05) is 0 Å². The van der Waals surface area contributed by atoms with Crippen LogP contribution in [0.5, 0.6) is 0 Å². The molecular weight excluding hydrogens is 128 g/mol. The normalized spacial score (nSPS) is 12.2. The number of alkyl halides is 1. The molecule has 1 atom stereocenters. The number of hydrogen-bond acceptors (Lipinski definition) is 2. The number of carbonyl (C=O) groups is 1. The van der Waals surface area contributed by atoms with Crippen LogP contribution in [0.1, 0.15) is 0 Å². The molecule has 0 aromatic carbocycles. The van der Waals surface area contributed by atoms with Crippen LogP contribution in [0, 0.1) is 0 Å². The third kappa shape index (κ3) is 1.98. The van der Waals surface area contributed by atoms with Crippen LogP contribution in [-0.2, 0) is 9.53 Å². The lowest BCUT2D eigenvalue weighted by Crippen LogP contribution is -2.12. The van der Waals surface area contributed by atoms with Gasteiger partial charge in [0.2, 0.25) is 0 Å². The molecule has 0 fully saturated rings. The fourth-order valence-electron chi connectivity index (χ4n) is 0.209. The van der Waals surface area contributed by atoms with Gasteiger partial charge < -0.3 is 4.74 Å². The first kappa shape index (κ1) is 7.50. The van der Waals surface area contributed by atoms with E-state index in [4.69, 9.17) is 11.6 Å². The fourth-order valence-corrected chi connectivity index (χ4v) is 0.298. The molecule has 0 aliphatic rings. The maximum atomic E-state index is 10.3. The van der Waals surface area contributed by atoms with Crippen molar-refractivity contribution in [2.75, 3.05) is 7.11 Å². The van der Waals surface area contributed by atoms with Crippen LogP contribution >= 0.6 is 11.6 Å². The third-order valence-corrected chi connectivity index (χ3v) is 0.990. The molecule has 0 amide bonds. The van der Waals surface area contributed by atoms with Gasteiger partial charge in [0, 0.05) is 0 Å². The van der Waals surface area contributed by atoms with E-state index in [2.05, 4.69) is 11.3 Å². The van der Waals surface area contributed by atoms with Gasteiger partial charge in [0.05, 0.1) is 7.11 Å². The van der Waals surface area contributed by atoms with E-state index in [1.54, 1.807) is 0 Å². The number of halogens is 1. The largest absolute Gasteiger partial charge is 0.468 e. The lowest BCUT2D eigenvalue weighted by Gasteiger charge is -1.97. The zero-order chi connectivity index (χ0) is 6.57. The van der Waals surface area contributed by atoms with Crippen LogP contribution in [0.4, 0.5) is 0 Å². The zero-order valence-electron chi connectivity index (χ0n) is 4.56. The molecule has 0 heterocycles. The lowest BCUT2D eigenvalue weighted by atomic mass is 10.4. The number of esters is 1. The molecule has 0 unspecified atom stereocenters. The molecule has 0 radical (unpaired) electrons. The first-order valence-corrected chi connectivity index (χ1v) is 2.50. The Morgan fingerprint density at radius 1 is 2.00 bits per heavy atom. The van der Waals surface area contributed by atoms with Crippen LogP contribution in [0.15, 0.2) is 12.7 Å². The molecule has 0 aliphatic carbocycles. The van der Waals surface area contributed by atoms with Crippen LogP contribution < -0.4 is 0 Å². The van der Waals surface area contributed by atoms with Gasteiger partial charge in [0.1, 0.15) is 5.38 Å². The predicted molar refractivity (Wildman–Crippen MR) is 31.9 cm³/mol. The Balaban J connectivity index is 3.62. The maximum Gasteiger partial charge on any atom is 0.327 e. The summed E-state index contributed by atoms with van der Waals surface area (Å²) >= 11 is 5.32. The quantitative estimate of drug-likeness (QED) is 0.319. The molecule has 0 aliphatic heterocycles. The van der Waals surface area contributed by atoms with Crippen LogP contribution in [0.2, 0.25) is 0 Å². The number of methoxy groups -OCH3 is 1. The van der Waals surface area contributed by atoms with Crippen molar-refractivity contribution in [2.45, 2.75) is 5.38 Å². The Hall–Kier alpha value is -0.500. The van der Waals surface area contributed by atoms with Gasteiger partial charge in [-0.15, -0.1) is 18.2 Å². The van der Waals surface area contributed by atoms with E-state index in [1.165, 1.54) is 13.2 Å². The van der Waals surface area contributed by atoms with Crippen molar-refractivity contribution in [3.8, 4) is 0 Å². The maximum absolute atomic E-state index is 10.3. The summed E-state index contributed by atoms with van der Waals surface area (Å²) in [6, 6.07) is 0. The molecule has 0 saturated heterocycles. The molecule has 0 rings (SSSR count). The molecule has 0 bridgehead atoms. The zero-order valence-corrected chi connectivity index (χ0v) is 5.31. The summed E-state index contributed by atoms with van der Waals surface area (Å²) in [6.07, 6.45) is 1.31. The van der Waals surface area contributed by atoms with Crippen molar-refractivity contribution in [1.82, 2.24) is 0 Å². The van der Waals surface area contributed by atoms with Gasteiger partial charge in [-0.3, -0.25) is 4.79 Å². The molecule has 8 heavy (non-hydrogen) atoms. The van der Waals surface area contributed by atoms with Gasteiger partial charge >= 0.3 is 5.97 Å². The second-order valence-electron chi connectivity index (χ2n) is 1.16. The molecule has 0 aromatic heterocycles. The monoisotopic (exact) mass is 134 g/mol. The van der Waals surface area contributed by atoms with E-state index in [0.29, 0.717) is 0 Å². The lowest BCUT2D eigenvalue weighted by molar-refractivity contribution is -0.139. The Kier molecular flexibility index (Phi) is 3.28. The highest BCUT2D eigenvalue weighted by Crippen LogP contribution is 1.97. The summed E-state index contributed by atoms with van der Waals surface area (Å²) in [6.45, 7) is 3.30. The van der Waals surface area contributed by atoms with E-state index in [9.17, 15) is 4.79 Å². The fraction of sp³-hybridized carbons (Fsp3) is 0.400. The summed E-state index contributed by atoms with van der Waals surface area (Å²) < 4.78 is 4.26. The summed E-state index contributed by atoms with van der Waals surface area (Å²) in [4.78, 5) is 10.3. The molecular formula is C5H7ClO2. The van der Waals surface area contributed by atoms with Crippen molar-refractivity contribution in [1.29, 1.82) is 0 Å². The smallest absolute Gasteiger partial charge is 0.327 e. The van der Waals surface area contributed by atoms with Gasteiger partial charge in [0.15, 0.2) is 0 Å². The van der Waals surface area contributed by atoms with Crippen molar-refractivity contribution in [3.63, 3.8) is 0 Å². The number of hydrogen-bond donors (Lipinski definition) is 0. The second kappa shape index (κ2) is 3.50. The molecule has 0 N–H and O–H groups in total. The van der Waals surface area contributed by atoms with Crippen molar-refractivity contribution in [2.24, 2.45) is 0 Å². The average molecular weight is 135 g/mol.